The quantitative estimate of drug-likeness (QED) is 0.799. The highest BCUT2D eigenvalue weighted by atomic mass is 35.5. The first-order valence-electron chi connectivity index (χ1n) is 8.40. The van der Waals surface area contributed by atoms with Crippen LogP contribution >= 0.6 is 12.4 Å². The number of rotatable bonds is 6. The lowest BCUT2D eigenvalue weighted by molar-refractivity contribution is -0.133. The van der Waals surface area contributed by atoms with Gasteiger partial charge in [0.1, 0.15) is 11.8 Å². The largest absolute Gasteiger partial charge is 0.496 e. The molecule has 0 saturated carbocycles. The Morgan fingerprint density at radius 3 is 2.60 bits per heavy atom. The van der Waals surface area contributed by atoms with E-state index in [9.17, 15) is 9.59 Å². The number of nitrogens with two attached hydrogens (primary N) is 1. The van der Waals surface area contributed by atoms with Crippen LogP contribution < -0.4 is 15.8 Å². The van der Waals surface area contributed by atoms with Gasteiger partial charge >= 0.3 is 0 Å². The van der Waals surface area contributed by atoms with Gasteiger partial charge < -0.3 is 20.7 Å². The van der Waals surface area contributed by atoms with E-state index in [2.05, 4.69) is 5.32 Å². The van der Waals surface area contributed by atoms with E-state index in [0.717, 1.165) is 6.42 Å². The first-order valence-corrected chi connectivity index (χ1v) is 8.40. The summed E-state index contributed by atoms with van der Waals surface area (Å²) in [6, 6.07) is 6.44. The number of benzene rings is 1. The molecule has 2 amide bonds. The maximum absolute atomic E-state index is 12.8. The van der Waals surface area contributed by atoms with Crippen molar-refractivity contribution in [3.8, 4) is 5.75 Å². The summed E-state index contributed by atoms with van der Waals surface area (Å²) in [5.41, 5.74) is 6.13. The van der Waals surface area contributed by atoms with Gasteiger partial charge in [0, 0.05) is 13.1 Å². The summed E-state index contributed by atoms with van der Waals surface area (Å²) in [7, 11) is 1.52. The van der Waals surface area contributed by atoms with Crippen molar-refractivity contribution in [2.24, 2.45) is 17.6 Å². The van der Waals surface area contributed by atoms with Crippen molar-refractivity contribution in [2.45, 2.75) is 26.3 Å². The second kappa shape index (κ2) is 9.63. The minimum Gasteiger partial charge on any atom is -0.496 e. The number of carbonyl (C=O) groups is 2. The standard InChI is InChI=1S/C18H27N3O3.ClH/c1-12(2)16(18(23)21-9-8-13(10-19)11-21)20-17(22)14-6-4-5-7-15(14)24-3;/h4-7,12-13,16H,8-11,19H2,1-3H3,(H,20,22);1H. The zero-order valence-electron chi connectivity index (χ0n) is 15.0. The maximum Gasteiger partial charge on any atom is 0.255 e. The van der Waals surface area contributed by atoms with Crippen LogP contribution in [0.2, 0.25) is 0 Å². The number of para-hydroxylation sites is 1. The number of ether oxygens (including phenoxy) is 1. The molecule has 0 aromatic heterocycles. The Morgan fingerprint density at radius 1 is 1.36 bits per heavy atom. The van der Waals surface area contributed by atoms with Crippen molar-refractivity contribution in [3.63, 3.8) is 0 Å². The summed E-state index contributed by atoms with van der Waals surface area (Å²) in [6.07, 6.45) is 0.924. The molecule has 1 heterocycles. The van der Waals surface area contributed by atoms with E-state index in [1.165, 1.54) is 7.11 Å². The van der Waals surface area contributed by atoms with Crippen molar-refractivity contribution < 1.29 is 14.3 Å². The topological polar surface area (TPSA) is 84.7 Å². The lowest BCUT2D eigenvalue weighted by Crippen LogP contribution is -2.50. The number of nitrogens with one attached hydrogen (secondary N) is 1. The van der Waals surface area contributed by atoms with Crippen LogP contribution in [-0.4, -0.2) is 49.5 Å². The molecule has 1 aromatic rings. The van der Waals surface area contributed by atoms with E-state index in [1.54, 1.807) is 24.3 Å². The summed E-state index contributed by atoms with van der Waals surface area (Å²) in [4.78, 5) is 27.2. The molecule has 1 aromatic carbocycles. The van der Waals surface area contributed by atoms with Crippen molar-refractivity contribution >= 4 is 24.2 Å². The summed E-state index contributed by atoms with van der Waals surface area (Å²) < 4.78 is 5.23. The predicted octanol–water partition coefficient (Wildman–Crippen LogP) is 1.68. The van der Waals surface area contributed by atoms with Gasteiger partial charge in [-0.3, -0.25) is 9.59 Å². The molecule has 140 valence electrons. The molecule has 0 bridgehead atoms. The SMILES string of the molecule is COc1ccccc1C(=O)NC(C(=O)N1CCC(CN)C1)C(C)C.Cl. The highest BCUT2D eigenvalue weighted by molar-refractivity contribution is 5.99. The Labute approximate surface area is 155 Å². The summed E-state index contributed by atoms with van der Waals surface area (Å²) in [6.45, 7) is 5.82. The van der Waals surface area contributed by atoms with Crippen molar-refractivity contribution in [2.75, 3.05) is 26.7 Å². The number of amides is 2. The van der Waals surface area contributed by atoms with Gasteiger partial charge in [0.2, 0.25) is 5.91 Å². The van der Waals surface area contributed by atoms with E-state index in [4.69, 9.17) is 10.5 Å². The van der Waals surface area contributed by atoms with E-state index in [1.807, 2.05) is 18.7 Å². The molecule has 0 spiro atoms. The van der Waals surface area contributed by atoms with Crippen LogP contribution in [0, 0.1) is 11.8 Å². The van der Waals surface area contributed by atoms with Gasteiger partial charge in [-0.05, 0) is 36.9 Å². The van der Waals surface area contributed by atoms with E-state index in [-0.39, 0.29) is 30.1 Å². The first-order chi connectivity index (χ1) is 11.5. The highest BCUT2D eigenvalue weighted by Crippen LogP contribution is 2.20. The fourth-order valence-electron chi connectivity index (χ4n) is 2.99. The van der Waals surface area contributed by atoms with Crippen LogP contribution in [0.4, 0.5) is 0 Å². The molecule has 0 radical (unpaired) electrons. The van der Waals surface area contributed by atoms with Crippen LogP contribution in [-0.2, 0) is 4.79 Å². The first kappa shape index (κ1) is 21.3. The third kappa shape index (κ3) is 5.09. The third-order valence-electron chi connectivity index (χ3n) is 4.50. The van der Waals surface area contributed by atoms with Gasteiger partial charge in [0.25, 0.3) is 5.91 Å². The second-order valence-electron chi connectivity index (χ2n) is 6.57. The molecular weight excluding hydrogens is 342 g/mol. The number of nitrogens with zero attached hydrogens (tertiary/aromatic N) is 1. The second-order valence-corrected chi connectivity index (χ2v) is 6.57. The fraction of sp³-hybridized carbons (Fsp3) is 0.556. The minimum atomic E-state index is -0.557. The van der Waals surface area contributed by atoms with Crippen molar-refractivity contribution in [1.29, 1.82) is 0 Å². The van der Waals surface area contributed by atoms with Gasteiger partial charge in [-0.25, -0.2) is 0 Å². The van der Waals surface area contributed by atoms with Gasteiger partial charge in [-0.2, -0.15) is 0 Å². The van der Waals surface area contributed by atoms with Gasteiger partial charge in [-0.1, -0.05) is 26.0 Å². The predicted molar refractivity (Wildman–Crippen MR) is 100 cm³/mol. The minimum absolute atomic E-state index is 0. The Hall–Kier alpha value is -1.79. The Balaban J connectivity index is 0.00000312. The molecule has 0 aliphatic carbocycles. The molecule has 1 aliphatic rings. The summed E-state index contributed by atoms with van der Waals surface area (Å²) >= 11 is 0. The zero-order valence-corrected chi connectivity index (χ0v) is 15.8. The highest BCUT2D eigenvalue weighted by Gasteiger charge is 2.33. The number of methoxy groups -OCH3 is 1. The maximum atomic E-state index is 12.8. The molecule has 7 heteroatoms. The molecule has 6 nitrogen and oxygen atoms in total. The molecule has 1 fully saturated rings. The van der Waals surface area contributed by atoms with Gasteiger partial charge in [0.05, 0.1) is 12.7 Å². The van der Waals surface area contributed by atoms with Gasteiger partial charge in [0.15, 0.2) is 0 Å². The molecule has 2 unspecified atom stereocenters. The zero-order chi connectivity index (χ0) is 17.7. The molecular formula is C18H28ClN3O3. The molecule has 2 atom stereocenters. The number of halogens is 1. The molecule has 1 aliphatic heterocycles. The molecule has 3 N–H and O–H groups in total. The third-order valence-corrected chi connectivity index (χ3v) is 4.50. The van der Waals surface area contributed by atoms with E-state index >= 15 is 0 Å². The monoisotopic (exact) mass is 369 g/mol. The molecule has 2 rings (SSSR count). The smallest absolute Gasteiger partial charge is 0.255 e. The van der Waals surface area contributed by atoms with Crippen LogP contribution in [0.3, 0.4) is 0 Å². The lowest BCUT2D eigenvalue weighted by atomic mass is 10.0. The van der Waals surface area contributed by atoms with E-state index in [0.29, 0.717) is 36.9 Å². The number of hydrogen-bond acceptors (Lipinski definition) is 4. The van der Waals surface area contributed by atoms with Crippen molar-refractivity contribution in [3.05, 3.63) is 29.8 Å². The Bertz CT molecular complexity index is 595. The summed E-state index contributed by atoms with van der Waals surface area (Å²) in [5, 5.41) is 2.88. The van der Waals surface area contributed by atoms with Crippen LogP contribution in [0.5, 0.6) is 5.75 Å². The average molecular weight is 370 g/mol. The molecule has 25 heavy (non-hydrogen) atoms. The van der Waals surface area contributed by atoms with Gasteiger partial charge in [-0.15, -0.1) is 12.4 Å². The fourth-order valence-corrected chi connectivity index (χ4v) is 2.99. The lowest BCUT2D eigenvalue weighted by Gasteiger charge is -2.27. The number of carbonyl (C=O) groups excluding carboxylic acids is 2. The Kier molecular flexibility index (Phi) is 8.19. The number of likely N-dealkylation sites (tertiary alicyclic amines) is 1. The summed E-state index contributed by atoms with van der Waals surface area (Å²) in [5.74, 6) is 0.507. The van der Waals surface area contributed by atoms with Crippen LogP contribution in [0.15, 0.2) is 24.3 Å². The van der Waals surface area contributed by atoms with Crippen LogP contribution in [0.1, 0.15) is 30.6 Å². The van der Waals surface area contributed by atoms with Crippen LogP contribution in [0.25, 0.3) is 0 Å². The number of hydrogen-bond donors (Lipinski definition) is 2. The van der Waals surface area contributed by atoms with Crippen molar-refractivity contribution in [1.82, 2.24) is 10.2 Å². The normalized spacial score (nSPS) is 17.8. The average Bonchev–Trinajstić information content (AvgIpc) is 3.07. The van der Waals surface area contributed by atoms with E-state index < -0.39 is 6.04 Å². The molecule has 1 saturated heterocycles. The Morgan fingerprint density at radius 2 is 2.04 bits per heavy atom.